The molecule has 1 rings (SSSR count). The third kappa shape index (κ3) is 4.15. The predicted molar refractivity (Wildman–Crippen MR) is 53.7 cm³/mol. The van der Waals surface area contributed by atoms with Crippen molar-refractivity contribution in [3.63, 3.8) is 0 Å². The molecule has 0 aromatic rings. The van der Waals surface area contributed by atoms with Crippen LogP contribution >= 0.6 is 0 Å². The SMILES string of the molecule is CCCCNC(=O)NCC1(C)CC1. The van der Waals surface area contributed by atoms with Gasteiger partial charge >= 0.3 is 6.03 Å². The molecule has 3 heteroatoms. The minimum absolute atomic E-state index is 0.0124. The van der Waals surface area contributed by atoms with Crippen LogP contribution < -0.4 is 10.6 Å². The highest BCUT2D eigenvalue weighted by molar-refractivity contribution is 5.73. The summed E-state index contributed by atoms with van der Waals surface area (Å²) < 4.78 is 0. The van der Waals surface area contributed by atoms with E-state index < -0.39 is 0 Å². The van der Waals surface area contributed by atoms with Crippen LogP contribution in [0.4, 0.5) is 4.79 Å². The van der Waals surface area contributed by atoms with E-state index in [4.69, 9.17) is 0 Å². The van der Waals surface area contributed by atoms with Crippen LogP contribution in [0.5, 0.6) is 0 Å². The van der Waals surface area contributed by atoms with Gasteiger partial charge in [0.25, 0.3) is 0 Å². The lowest BCUT2D eigenvalue weighted by Gasteiger charge is -2.10. The van der Waals surface area contributed by atoms with Gasteiger partial charge in [-0.15, -0.1) is 0 Å². The van der Waals surface area contributed by atoms with Crippen LogP contribution in [0.25, 0.3) is 0 Å². The topological polar surface area (TPSA) is 41.1 Å². The van der Waals surface area contributed by atoms with Crippen LogP contribution in [0.1, 0.15) is 39.5 Å². The first kappa shape index (κ1) is 10.4. The largest absolute Gasteiger partial charge is 0.338 e. The van der Waals surface area contributed by atoms with Crippen LogP contribution in [-0.2, 0) is 0 Å². The number of unbranched alkanes of at least 4 members (excludes halogenated alkanes) is 1. The lowest BCUT2D eigenvalue weighted by Crippen LogP contribution is -2.38. The van der Waals surface area contributed by atoms with E-state index in [2.05, 4.69) is 24.5 Å². The zero-order chi connectivity index (χ0) is 9.73. The Kier molecular flexibility index (Phi) is 3.58. The molecule has 1 aliphatic carbocycles. The van der Waals surface area contributed by atoms with E-state index in [1.165, 1.54) is 12.8 Å². The van der Waals surface area contributed by atoms with Gasteiger partial charge in [0.15, 0.2) is 0 Å². The summed E-state index contributed by atoms with van der Waals surface area (Å²) in [5.41, 5.74) is 0.405. The lowest BCUT2D eigenvalue weighted by atomic mass is 10.1. The Morgan fingerprint density at radius 1 is 1.38 bits per heavy atom. The fourth-order valence-electron chi connectivity index (χ4n) is 1.13. The fourth-order valence-corrected chi connectivity index (χ4v) is 1.13. The average Bonchev–Trinajstić information content (AvgIpc) is 2.82. The van der Waals surface area contributed by atoms with Crippen molar-refractivity contribution in [1.29, 1.82) is 0 Å². The molecule has 0 aliphatic heterocycles. The zero-order valence-electron chi connectivity index (χ0n) is 8.65. The second-order valence-electron chi connectivity index (χ2n) is 4.27. The highest BCUT2D eigenvalue weighted by atomic mass is 16.2. The highest BCUT2D eigenvalue weighted by Gasteiger charge is 2.37. The van der Waals surface area contributed by atoms with E-state index in [-0.39, 0.29) is 6.03 Å². The number of carbonyl (C=O) groups excluding carboxylic acids is 1. The average molecular weight is 184 g/mol. The molecule has 0 spiro atoms. The van der Waals surface area contributed by atoms with Gasteiger partial charge in [0.2, 0.25) is 0 Å². The summed E-state index contributed by atoms with van der Waals surface area (Å²) >= 11 is 0. The van der Waals surface area contributed by atoms with E-state index in [1.54, 1.807) is 0 Å². The van der Waals surface area contributed by atoms with Crippen molar-refractivity contribution in [2.45, 2.75) is 39.5 Å². The molecule has 1 saturated carbocycles. The van der Waals surface area contributed by atoms with Crippen molar-refractivity contribution >= 4 is 6.03 Å². The molecule has 76 valence electrons. The highest BCUT2D eigenvalue weighted by Crippen LogP contribution is 2.43. The Morgan fingerprint density at radius 2 is 2.08 bits per heavy atom. The molecule has 0 saturated heterocycles. The Labute approximate surface area is 80.3 Å². The molecule has 1 fully saturated rings. The van der Waals surface area contributed by atoms with Gasteiger partial charge in [0.05, 0.1) is 0 Å². The second-order valence-corrected chi connectivity index (χ2v) is 4.27. The van der Waals surface area contributed by atoms with Gasteiger partial charge in [-0.25, -0.2) is 4.79 Å². The molecule has 0 radical (unpaired) electrons. The minimum atomic E-state index is -0.0124. The monoisotopic (exact) mass is 184 g/mol. The van der Waals surface area contributed by atoms with E-state index in [1.807, 2.05) is 0 Å². The maximum atomic E-state index is 11.2. The molecule has 2 amide bonds. The number of urea groups is 1. The molecule has 0 heterocycles. The molecular weight excluding hydrogens is 164 g/mol. The zero-order valence-corrected chi connectivity index (χ0v) is 8.65. The summed E-state index contributed by atoms with van der Waals surface area (Å²) in [5.74, 6) is 0. The summed E-state index contributed by atoms with van der Waals surface area (Å²) in [6, 6.07) is -0.0124. The van der Waals surface area contributed by atoms with E-state index in [0.717, 1.165) is 25.9 Å². The van der Waals surface area contributed by atoms with Crippen LogP contribution in [0.15, 0.2) is 0 Å². The van der Waals surface area contributed by atoms with Gasteiger partial charge in [-0.2, -0.15) is 0 Å². The van der Waals surface area contributed by atoms with Crippen LogP contribution in [0, 0.1) is 5.41 Å². The van der Waals surface area contributed by atoms with Crippen LogP contribution in [0.3, 0.4) is 0 Å². The maximum Gasteiger partial charge on any atom is 0.314 e. The number of hydrogen-bond donors (Lipinski definition) is 2. The third-order valence-electron chi connectivity index (χ3n) is 2.60. The number of carbonyl (C=O) groups is 1. The molecule has 1 aliphatic rings. The predicted octanol–water partition coefficient (Wildman–Crippen LogP) is 1.89. The lowest BCUT2D eigenvalue weighted by molar-refractivity contribution is 0.238. The van der Waals surface area contributed by atoms with E-state index >= 15 is 0 Å². The van der Waals surface area contributed by atoms with Crippen molar-refractivity contribution in [2.75, 3.05) is 13.1 Å². The maximum absolute atomic E-state index is 11.2. The van der Waals surface area contributed by atoms with Crippen LogP contribution in [0.2, 0.25) is 0 Å². The van der Waals surface area contributed by atoms with Gasteiger partial charge in [0.1, 0.15) is 0 Å². The van der Waals surface area contributed by atoms with E-state index in [9.17, 15) is 4.79 Å². The Hall–Kier alpha value is -0.730. The molecule has 13 heavy (non-hydrogen) atoms. The van der Waals surface area contributed by atoms with Gasteiger partial charge in [0, 0.05) is 13.1 Å². The molecule has 2 N–H and O–H groups in total. The van der Waals surface area contributed by atoms with Gasteiger partial charge in [-0.05, 0) is 24.7 Å². The van der Waals surface area contributed by atoms with Crippen molar-refractivity contribution in [3.05, 3.63) is 0 Å². The Bertz CT molecular complexity index is 176. The fraction of sp³-hybridized carbons (Fsp3) is 0.900. The molecular formula is C10H20N2O. The van der Waals surface area contributed by atoms with Crippen molar-refractivity contribution in [1.82, 2.24) is 10.6 Å². The Morgan fingerprint density at radius 3 is 2.62 bits per heavy atom. The quantitative estimate of drug-likeness (QED) is 0.629. The third-order valence-corrected chi connectivity index (χ3v) is 2.60. The Balaban J connectivity index is 1.97. The number of hydrogen-bond acceptors (Lipinski definition) is 1. The second kappa shape index (κ2) is 4.49. The normalized spacial score (nSPS) is 18.0. The summed E-state index contributed by atoms with van der Waals surface area (Å²) in [7, 11) is 0. The molecule has 0 atom stereocenters. The standard InChI is InChI=1S/C10H20N2O/c1-3-4-7-11-9(13)12-8-10(2)5-6-10/h3-8H2,1-2H3,(H2,11,12,13). The molecule has 0 bridgehead atoms. The first-order valence-corrected chi connectivity index (χ1v) is 5.18. The number of nitrogens with one attached hydrogen (secondary N) is 2. The minimum Gasteiger partial charge on any atom is -0.338 e. The van der Waals surface area contributed by atoms with Crippen molar-refractivity contribution in [2.24, 2.45) is 5.41 Å². The first-order valence-electron chi connectivity index (χ1n) is 5.18. The van der Waals surface area contributed by atoms with Gasteiger partial charge in [-0.1, -0.05) is 20.3 Å². The van der Waals surface area contributed by atoms with Gasteiger partial charge in [-0.3, -0.25) is 0 Å². The molecule has 0 aromatic heterocycles. The van der Waals surface area contributed by atoms with E-state index in [0.29, 0.717) is 5.41 Å². The van der Waals surface area contributed by atoms with Crippen molar-refractivity contribution < 1.29 is 4.79 Å². The number of rotatable bonds is 5. The molecule has 0 unspecified atom stereocenters. The van der Waals surface area contributed by atoms with Crippen LogP contribution in [-0.4, -0.2) is 19.1 Å². The number of amides is 2. The summed E-state index contributed by atoms with van der Waals surface area (Å²) in [6.45, 7) is 5.94. The summed E-state index contributed by atoms with van der Waals surface area (Å²) in [5, 5.41) is 5.73. The van der Waals surface area contributed by atoms with Crippen molar-refractivity contribution in [3.8, 4) is 0 Å². The van der Waals surface area contributed by atoms with Gasteiger partial charge < -0.3 is 10.6 Å². The molecule has 3 nitrogen and oxygen atoms in total. The summed E-state index contributed by atoms with van der Waals surface area (Å²) in [6.07, 6.45) is 4.69. The smallest absolute Gasteiger partial charge is 0.314 e. The summed E-state index contributed by atoms with van der Waals surface area (Å²) in [4.78, 5) is 11.2. The molecule has 0 aromatic carbocycles. The first-order chi connectivity index (χ1) is 6.16.